The van der Waals surface area contributed by atoms with E-state index in [1.807, 2.05) is 4.90 Å². The lowest BCUT2D eigenvalue weighted by atomic mass is 9.69. The Labute approximate surface area is 478 Å². The highest BCUT2D eigenvalue weighted by atomic mass is 35.5. The van der Waals surface area contributed by atoms with Crippen molar-refractivity contribution >= 4 is 37.6 Å². The number of alkyl halides is 2. The quantitative estimate of drug-likeness (QED) is 0.0596. The van der Waals surface area contributed by atoms with Crippen LogP contribution in [-0.2, 0) is 42.3 Å². The zero-order valence-corrected chi connectivity index (χ0v) is 51.3. The van der Waals surface area contributed by atoms with Gasteiger partial charge in [-0.05, 0) is 140 Å². The van der Waals surface area contributed by atoms with Gasteiger partial charge in [0.1, 0.15) is 0 Å². The first-order valence-electron chi connectivity index (χ1n) is 30.0. The number of carbonyl (C=O) groups is 1. The second-order valence-corrected chi connectivity index (χ2v) is 31.4. The Morgan fingerprint density at radius 2 is 0.885 bits per heavy atom. The maximum atomic E-state index is 14.5. The fourth-order valence-corrected chi connectivity index (χ4v) is 15.6. The van der Waals surface area contributed by atoms with Crippen LogP contribution in [0.1, 0.15) is 150 Å². The Hall–Kier alpha value is -0.573. The number of rotatable bonds is 15. The third-order valence-corrected chi connectivity index (χ3v) is 24.5. The lowest BCUT2D eigenvalue weighted by molar-refractivity contribution is -0.299. The van der Waals surface area contributed by atoms with Crippen molar-refractivity contribution < 1.29 is 62.7 Å². The molecule has 78 heavy (non-hydrogen) atoms. The minimum Gasteiger partial charge on any atom is -0.414 e. The summed E-state index contributed by atoms with van der Waals surface area (Å²) < 4.78 is 52.2. The third kappa shape index (κ3) is 15.6. The molecule has 0 radical (unpaired) electrons. The van der Waals surface area contributed by atoms with E-state index in [4.69, 9.17) is 65.5 Å². The summed E-state index contributed by atoms with van der Waals surface area (Å²) in [6.07, 6.45) is 15.2. The standard InChI is InChI=1S/C32H56N4O8.C23H46N2O5Si.CH2Cl2/c1-2-12-40-21-11-34(27-24-31(7-17-43-18-8-31)36(39)32(25-27)9-19-44-20-10-32)28(37)33-26-22-29(3-13-41-14-4-29)35(38)30(23-26)5-15-42-16-6-30;1-21(2,3)31(4,5)30-17-16-29-15-10-24-20-18-22(6-11-27-12-7-22)25(26)23(19-20)8-13-28-14-9-23;2-1-3/h26-27,38-39H,2-25H2,1H3,(H,33,37);20,24,26H,6-19H2,1-5H3;1H2. The molecule has 454 valence electrons. The zero-order valence-electron chi connectivity index (χ0n) is 48.8. The minimum absolute atomic E-state index is 0.0492. The maximum Gasteiger partial charge on any atom is 0.317 e. The van der Waals surface area contributed by atoms with E-state index in [-0.39, 0.29) is 39.6 Å². The first-order chi connectivity index (χ1) is 37.4. The summed E-state index contributed by atoms with van der Waals surface area (Å²) in [4.78, 5) is 16.6. The van der Waals surface area contributed by atoms with Crippen molar-refractivity contribution in [3.8, 4) is 0 Å². The zero-order chi connectivity index (χ0) is 56.0. The molecule has 0 saturated carbocycles. The Morgan fingerprint density at radius 3 is 1.23 bits per heavy atom. The fraction of sp³-hybridized carbons (Fsp3) is 0.982. The minimum atomic E-state index is -1.70. The normalized spacial score (nSPS) is 28.9. The SMILES string of the molecule is CC(C)(C)[Si](C)(C)OCCOCCNC1CC2(CCOCC2)N(O)C2(CCOCC2)C1.CCCOCCN(C(=O)NC1CC2(CCOCC2)N(O)C2(CCOCC2)C1)C1CC2(CCOCC2)N(O)C2(CCOCC2)C1.ClCCl. The number of nitrogens with one attached hydrogen (secondary N) is 2. The van der Waals surface area contributed by atoms with Crippen LogP contribution >= 0.6 is 23.2 Å². The van der Waals surface area contributed by atoms with Gasteiger partial charge in [0, 0.05) is 117 Å². The summed E-state index contributed by atoms with van der Waals surface area (Å²) in [6.45, 7) is 25.7. The number of piperidine rings is 3. The monoisotopic (exact) mass is 1170 g/mol. The van der Waals surface area contributed by atoms with Gasteiger partial charge < -0.3 is 73.5 Å². The predicted octanol–water partition coefficient (Wildman–Crippen LogP) is 8.32. The molecule has 9 aliphatic rings. The molecule has 9 fully saturated rings. The van der Waals surface area contributed by atoms with Crippen molar-refractivity contribution in [3.05, 3.63) is 0 Å². The van der Waals surface area contributed by atoms with Gasteiger partial charge in [-0.25, -0.2) is 4.79 Å². The van der Waals surface area contributed by atoms with Gasteiger partial charge in [0.2, 0.25) is 0 Å². The van der Waals surface area contributed by atoms with Crippen LogP contribution in [0.4, 0.5) is 4.79 Å². The van der Waals surface area contributed by atoms with Crippen LogP contribution in [-0.4, -0.2) is 232 Å². The van der Waals surface area contributed by atoms with Gasteiger partial charge in [0.25, 0.3) is 0 Å². The molecular weight excluding hydrogens is 1060 g/mol. The van der Waals surface area contributed by atoms with E-state index in [1.165, 1.54) is 0 Å². The molecule has 0 aliphatic carbocycles. The fourth-order valence-electron chi connectivity index (χ4n) is 14.6. The number of hydrogen-bond acceptors (Lipinski definition) is 17. The smallest absolute Gasteiger partial charge is 0.317 e. The summed E-state index contributed by atoms with van der Waals surface area (Å²) in [5.41, 5.74) is -2.04. The molecule has 9 aliphatic heterocycles. The Balaban J connectivity index is 0.000000228. The highest BCUT2D eigenvalue weighted by Gasteiger charge is 2.59. The van der Waals surface area contributed by atoms with Gasteiger partial charge in [-0.15, -0.1) is 23.2 Å². The Morgan fingerprint density at radius 1 is 0.551 bits per heavy atom. The Kier molecular flexibility index (Phi) is 24.6. The number of hydrogen-bond donors (Lipinski definition) is 5. The third-order valence-electron chi connectivity index (χ3n) is 20.0. The molecule has 0 unspecified atom stereocenters. The van der Waals surface area contributed by atoms with Crippen molar-refractivity contribution in [2.24, 2.45) is 0 Å². The Bertz CT molecular complexity index is 1690. The van der Waals surface area contributed by atoms with E-state index in [0.29, 0.717) is 124 Å². The van der Waals surface area contributed by atoms with Crippen molar-refractivity contribution in [1.29, 1.82) is 0 Å². The molecule has 19 nitrogen and oxygen atoms in total. The molecule has 9 heterocycles. The molecule has 2 amide bonds. The van der Waals surface area contributed by atoms with E-state index in [0.717, 1.165) is 129 Å². The van der Waals surface area contributed by atoms with E-state index >= 15 is 0 Å². The lowest BCUT2D eigenvalue weighted by Gasteiger charge is -2.60. The van der Waals surface area contributed by atoms with Crippen LogP contribution in [0.2, 0.25) is 18.1 Å². The molecule has 5 N–H and O–H groups in total. The van der Waals surface area contributed by atoms with Gasteiger partial charge in [0.05, 0.1) is 65.0 Å². The average Bonchev–Trinajstić information content (AvgIpc) is 3.45. The van der Waals surface area contributed by atoms with Crippen LogP contribution in [0.15, 0.2) is 0 Å². The number of amides is 2. The summed E-state index contributed by atoms with van der Waals surface area (Å²) >= 11 is 9.53. The highest BCUT2D eigenvalue weighted by Crippen LogP contribution is 2.51. The molecule has 0 atom stereocenters. The molecule has 0 aromatic heterocycles. The lowest BCUT2D eigenvalue weighted by Crippen LogP contribution is -2.71. The van der Waals surface area contributed by atoms with Gasteiger partial charge >= 0.3 is 6.03 Å². The molecular formula is C56H104Cl2N6O13Si. The van der Waals surface area contributed by atoms with Gasteiger partial charge in [0.15, 0.2) is 8.32 Å². The first-order valence-corrected chi connectivity index (χ1v) is 34.0. The predicted molar refractivity (Wildman–Crippen MR) is 302 cm³/mol. The van der Waals surface area contributed by atoms with E-state index in [2.05, 4.69) is 51.4 Å². The number of hydroxylamine groups is 6. The van der Waals surface area contributed by atoms with E-state index < -0.39 is 30.5 Å². The first kappa shape index (κ1) is 65.0. The molecule has 9 rings (SSSR count). The average molecular weight is 1170 g/mol. The number of ether oxygens (including phenoxy) is 8. The largest absolute Gasteiger partial charge is 0.414 e. The van der Waals surface area contributed by atoms with Crippen LogP contribution in [0, 0.1) is 0 Å². The molecule has 0 aromatic carbocycles. The number of halogens is 2. The topological polar surface area (TPSA) is 198 Å². The van der Waals surface area contributed by atoms with Crippen molar-refractivity contribution in [2.45, 2.75) is 219 Å². The van der Waals surface area contributed by atoms with Crippen LogP contribution in [0.25, 0.3) is 0 Å². The molecule has 6 spiro atoms. The number of nitrogens with zero attached hydrogens (tertiary/aromatic N) is 4. The molecule has 0 bridgehead atoms. The maximum absolute atomic E-state index is 14.5. The van der Waals surface area contributed by atoms with Crippen molar-refractivity contribution in [3.63, 3.8) is 0 Å². The summed E-state index contributed by atoms with van der Waals surface area (Å²) in [7, 11) is -1.70. The van der Waals surface area contributed by atoms with E-state index in [1.54, 1.807) is 15.2 Å². The summed E-state index contributed by atoms with van der Waals surface area (Å²) in [5.74, 6) is 0. The summed E-state index contributed by atoms with van der Waals surface area (Å²) in [6, 6.07) is 0.193. The second kappa shape index (κ2) is 29.5. The highest BCUT2D eigenvalue weighted by molar-refractivity contribution is 6.74. The van der Waals surface area contributed by atoms with Crippen LogP contribution in [0.3, 0.4) is 0 Å². The molecule has 0 aromatic rings. The van der Waals surface area contributed by atoms with Gasteiger partial charge in [-0.1, -0.05) is 27.7 Å². The van der Waals surface area contributed by atoms with E-state index in [9.17, 15) is 20.4 Å². The van der Waals surface area contributed by atoms with Crippen LogP contribution < -0.4 is 10.6 Å². The molecule has 22 heteroatoms. The van der Waals surface area contributed by atoms with Crippen molar-refractivity contribution in [2.75, 3.05) is 131 Å². The van der Waals surface area contributed by atoms with Gasteiger partial charge in [-0.3, -0.25) is 0 Å². The second-order valence-electron chi connectivity index (χ2n) is 25.8. The van der Waals surface area contributed by atoms with Crippen LogP contribution in [0.5, 0.6) is 0 Å². The number of carbonyl (C=O) groups excluding carboxylic acids is 1. The number of urea groups is 1. The van der Waals surface area contributed by atoms with Crippen molar-refractivity contribution in [1.82, 2.24) is 30.7 Å². The molecule has 9 saturated heterocycles. The van der Waals surface area contributed by atoms with Gasteiger partial charge in [-0.2, -0.15) is 15.2 Å². The summed E-state index contributed by atoms with van der Waals surface area (Å²) in [5, 5.41) is 47.7.